The fraction of sp³-hybridized carbons (Fsp3) is 0.750. The van der Waals surface area contributed by atoms with Gasteiger partial charge >= 0.3 is 5.97 Å². The molecule has 0 fully saturated rings. The number of aliphatic carboxylic acids is 1. The van der Waals surface area contributed by atoms with Crippen molar-refractivity contribution in [1.29, 1.82) is 0 Å². The van der Waals surface area contributed by atoms with Crippen molar-refractivity contribution < 1.29 is 29.4 Å². The molecule has 0 rings (SSSR count). The Hall–Kier alpha value is -1.85. The van der Waals surface area contributed by atoms with Gasteiger partial charge in [0, 0.05) is 0 Å². The minimum absolute atomic E-state index is 0.387. The molecule has 11 heteroatoms. The number of hydrogen-bond acceptors (Lipinski definition) is 7. The molecule has 7 N–H and O–H groups in total. The van der Waals surface area contributed by atoms with Crippen LogP contribution in [0.4, 0.5) is 0 Å². The quantitative estimate of drug-likeness (QED) is 0.222. The lowest BCUT2D eigenvalue weighted by molar-refractivity contribution is -0.143. The molecular weight excluding hydrogens is 376 g/mol. The van der Waals surface area contributed by atoms with E-state index in [1.807, 2.05) is 6.26 Å². The largest absolute Gasteiger partial charge is 0.480 e. The van der Waals surface area contributed by atoms with Crippen LogP contribution in [0.3, 0.4) is 0 Å². The molecular formula is C16H30N4O6S. The monoisotopic (exact) mass is 406 g/mol. The number of hydrogen-bond donors (Lipinski definition) is 6. The third-order valence-corrected chi connectivity index (χ3v) is 4.41. The summed E-state index contributed by atoms with van der Waals surface area (Å²) in [6, 6.07) is -4.25. The third-order valence-electron chi connectivity index (χ3n) is 3.77. The molecule has 156 valence electrons. The summed E-state index contributed by atoms with van der Waals surface area (Å²) in [7, 11) is 0. The van der Waals surface area contributed by atoms with Gasteiger partial charge in [-0.15, -0.1) is 0 Å². The zero-order valence-corrected chi connectivity index (χ0v) is 16.8. The molecule has 0 spiro atoms. The minimum atomic E-state index is -1.34. The van der Waals surface area contributed by atoms with Crippen molar-refractivity contribution in [1.82, 2.24) is 16.0 Å². The smallest absolute Gasteiger partial charge is 0.326 e. The normalized spacial score (nSPS) is 15.4. The summed E-state index contributed by atoms with van der Waals surface area (Å²) in [4.78, 5) is 47.4. The molecule has 0 radical (unpaired) electrons. The lowest BCUT2D eigenvalue weighted by Gasteiger charge is -2.23. The summed E-state index contributed by atoms with van der Waals surface area (Å²) in [6.45, 7) is 3.91. The van der Waals surface area contributed by atoms with Gasteiger partial charge < -0.3 is 31.9 Å². The van der Waals surface area contributed by atoms with Crippen LogP contribution in [0.25, 0.3) is 0 Å². The summed E-state index contributed by atoms with van der Waals surface area (Å²) >= 11 is 1.54. The second-order valence-corrected chi connectivity index (χ2v) is 7.42. The van der Waals surface area contributed by atoms with E-state index in [1.54, 1.807) is 25.6 Å². The molecule has 0 aliphatic heterocycles. The van der Waals surface area contributed by atoms with Crippen LogP contribution in [0.2, 0.25) is 0 Å². The second kappa shape index (κ2) is 12.5. The number of aliphatic hydroxyl groups excluding tert-OH is 1. The molecule has 0 aliphatic rings. The number of carboxylic acid groups (broad SMARTS) is 1. The van der Waals surface area contributed by atoms with Gasteiger partial charge in [0.15, 0.2) is 0 Å². The standard InChI is InChI=1S/C16H30N4O6S/c1-8(2)12(16(25)26)20-15(24)11(7-21)19-13(22)9(3)18-14(23)10(17)5-6-27-4/h8-12,21H,5-7,17H2,1-4H3,(H,18,23)(H,19,22)(H,20,24)(H,25,26). The molecule has 0 aromatic rings. The van der Waals surface area contributed by atoms with Gasteiger partial charge in [0.2, 0.25) is 17.7 Å². The summed E-state index contributed by atoms with van der Waals surface area (Å²) in [6.07, 6.45) is 2.34. The highest BCUT2D eigenvalue weighted by Crippen LogP contribution is 2.03. The first-order chi connectivity index (χ1) is 12.5. The molecule has 0 aromatic heterocycles. The van der Waals surface area contributed by atoms with Gasteiger partial charge in [0.05, 0.1) is 12.6 Å². The van der Waals surface area contributed by atoms with Crippen molar-refractivity contribution in [3.05, 3.63) is 0 Å². The van der Waals surface area contributed by atoms with Crippen LogP contribution >= 0.6 is 11.8 Å². The van der Waals surface area contributed by atoms with Crippen LogP contribution in [-0.2, 0) is 19.2 Å². The molecule has 0 saturated heterocycles. The van der Waals surface area contributed by atoms with E-state index in [9.17, 15) is 24.3 Å². The van der Waals surface area contributed by atoms with Crippen LogP contribution in [0.5, 0.6) is 0 Å². The number of nitrogens with one attached hydrogen (secondary N) is 3. The Morgan fingerprint density at radius 1 is 1.00 bits per heavy atom. The first-order valence-electron chi connectivity index (χ1n) is 8.54. The predicted molar refractivity (Wildman–Crippen MR) is 102 cm³/mol. The summed E-state index contributed by atoms with van der Waals surface area (Å²) in [5.74, 6) is -2.94. The van der Waals surface area contributed by atoms with E-state index in [-0.39, 0.29) is 5.92 Å². The molecule has 4 atom stereocenters. The van der Waals surface area contributed by atoms with Gasteiger partial charge in [-0.05, 0) is 31.3 Å². The van der Waals surface area contributed by atoms with Crippen molar-refractivity contribution in [3.63, 3.8) is 0 Å². The zero-order valence-electron chi connectivity index (χ0n) is 16.0. The Bertz CT molecular complexity index is 531. The Balaban J connectivity index is 4.75. The molecule has 0 heterocycles. The van der Waals surface area contributed by atoms with Crippen LogP contribution in [-0.4, -0.2) is 76.7 Å². The third kappa shape index (κ3) is 9.07. The van der Waals surface area contributed by atoms with Crippen LogP contribution in [0.1, 0.15) is 27.2 Å². The fourth-order valence-corrected chi connectivity index (χ4v) is 2.51. The highest BCUT2D eigenvalue weighted by molar-refractivity contribution is 7.98. The molecule has 3 amide bonds. The number of amides is 3. The number of rotatable bonds is 12. The van der Waals surface area contributed by atoms with E-state index >= 15 is 0 Å². The maximum atomic E-state index is 12.2. The van der Waals surface area contributed by atoms with E-state index in [0.29, 0.717) is 12.2 Å². The molecule has 10 nitrogen and oxygen atoms in total. The molecule has 0 bridgehead atoms. The average Bonchev–Trinajstić information content (AvgIpc) is 2.60. The van der Waals surface area contributed by atoms with Crippen molar-refractivity contribution in [2.45, 2.75) is 51.4 Å². The minimum Gasteiger partial charge on any atom is -0.480 e. The van der Waals surface area contributed by atoms with Gasteiger partial charge in [-0.3, -0.25) is 14.4 Å². The van der Waals surface area contributed by atoms with E-state index in [4.69, 9.17) is 10.8 Å². The lowest BCUT2D eigenvalue weighted by Crippen LogP contribution is -2.58. The highest BCUT2D eigenvalue weighted by Gasteiger charge is 2.29. The maximum absolute atomic E-state index is 12.2. The Morgan fingerprint density at radius 2 is 1.59 bits per heavy atom. The van der Waals surface area contributed by atoms with Gasteiger partial charge in [-0.25, -0.2) is 4.79 Å². The summed E-state index contributed by atoms with van der Waals surface area (Å²) in [5, 5.41) is 25.5. The first-order valence-corrected chi connectivity index (χ1v) is 9.93. The molecule has 4 unspecified atom stereocenters. The van der Waals surface area contributed by atoms with Gasteiger partial charge in [0.25, 0.3) is 0 Å². The van der Waals surface area contributed by atoms with Gasteiger partial charge in [-0.1, -0.05) is 13.8 Å². The predicted octanol–water partition coefficient (Wildman–Crippen LogP) is -1.73. The highest BCUT2D eigenvalue weighted by atomic mass is 32.2. The van der Waals surface area contributed by atoms with E-state index in [2.05, 4.69) is 16.0 Å². The maximum Gasteiger partial charge on any atom is 0.326 e. The van der Waals surface area contributed by atoms with Gasteiger partial charge in [-0.2, -0.15) is 11.8 Å². The molecule has 27 heavy (non-hydrogen) atoms. The van der Waals surface area contributed by atoms with Crippen LogP contribution in [0.15, 0.2) is 0 Å². The average molecular weight is 407 g/mol. The number of carbonyl (C=O) groups excluding carboxylic acids is 3. The van der Waals surface area contributed by atoms with E-state index in [0.717, 1.165) is 0 Å². The van der Waals surface area contributed by atoms with Crippen molar-refractivity contribution >= 4 is 35.5 Å². The zero-order chi connectivity index (χ0) is 21.1. The lowest BCUT2D eigenvalue weighted by atomic mass is 10.0. The molecule has 0 aliphatic carbocycles. The van der Waals surface area contributed by atoms with Gasteiger partial charge in [0.1, 0.15) is 18.1 Å². The number of nitrogens with two attached hydrogens (primary N) is 1. The molecule has 0 aromatic carbocycles. The Kier molecular flexibility index (Phi) is 11.7. The molecule has 0 saturated carbocycles. The summed E-state index contributed by atoms with van der Waals surface area (Å²) < 4.78 is 0. The van der Waals surface area contributed by atoms with E-state index < -0.39 is 54.5 Å². The fourth-order valence-electron chi connectivity index (χ4n) is 2.02. The second-order valence-electron chi connectivity index (χ2n) is 6.43. The van der Waals surface area contributed by atoms with E-state index in [1.165, 1.54) is 6.92 Å². The number of thioether (sulfide) groups is 1. The Labute approximate surface area is 163 Å². The van der Waals surface area contributed by atoms with Crippen molar-refractivity contribution in [2.75, 3.05) is 18.6 Å². The summed E-state index contributed by atoms with van der Waals surface area (Å²) in [5.41, 5.74) is 5.72. The van der Waals surface area contributed by atoms with Crippen LogP contribution < -0.4 is 21.7 Å². The number of carbonyl (C=O) groups is 4. The Morgan fingerprint density at radius 3 is 2.04 bits per heavy atom. The van der Waals surface area contributed by atoms with Crippen molar-refractivity contribution in [3.8, 4) is 0 Å². The van der Waals surface area contributed by atoms with Crippen LogP contribution in [0, 0.1) is 5.92 Å². The number of aliphatic hydroxyl groups is 1. The SMILES string of the molecule is CSCCC(N)C(=O)NC(C)C(=O)NC(CO)C(=O)NC(C(=O)O)C(C)C. The first kappa shape index (κ1) is 25.1. The van der Waals surface area contributed by atoms with Crippen molar-refractivity contribution in [2.24, 2.45) is 11.7 Å². The topological polar surface area (TPSA) is 171 Å². The number of carboxylic acids is 1.